The van der Waals surface area contributed by atoms with Gasteiger partial charge in [-0.2, -0.15) is 0 Å². The van der Waals surface area contributed by atoms with Crippen molar-refractivity contribution in [1.29, 1.82) is 0 Å². The van der Waals surface area contributed by atoms with Crippen molar-refractivity contribution < 1.29 is 32.2 Å². The lowest BCUT2D eigenvalue weighted by Gasteiger charge is -2.32. The van der Waals surface area contributed by atoms with Gasteiger partial charge in [0.1, 0.15) is 12.3 Å². The quantitative estimate of drug-likeness (QED) is 0.884. The molecule has 1 aliphatic heterocycles. The van der Waals surface area contributed by atoms with Crippen LogP contribution in [-0.2, 0) is 9.59 Å². The molecule has 0 saturated heterocycles. The summed E-state index contributed by atoms with van der Waals surface area (Å²) in [6.45, 7) is 1.17. The Labute approximate surface area is 152 Å². The molecule has 0 bridgehead atoms. The van der Waals surface area contributed by atoms with Gasteiger partial charge in [0, 0.05) is 0 Å². The summed E-state index contributed by atoms with van der Waals surface area (Å²) in [6, 6.07) is 11.9. The lowest BCUT2D eigenvalue weighted by Crippen LogP contribution is -2.47. The molecule has 2 aromatic carbocycles. The Morgan fingerprint density at radius 1 is 1.19 bits per heavy atom. The number of hydrogen-bond acceptors (Lipinski definition) is 4. The van der Waals surface area contributed by atoms with Crippen LogP contribution in [0.2, 0.25) is 0 Å². The third-order valence-electron chi connectivity index (χ3n) is 3.76. The van der Waals surface area contributed by atoms with Crippen LogP contribution in [0.1, 0.15) is 6.92 Å². The van der Waals surface area contributed by atoms with E-state index in [0.717, 1.165) is 6.07 Å². The fourth-order valence-corrected chi connectivity index (χ4v) is 2.64. The van der Waals surface area contributed by atoms with Crippen LogP contribution in [0.5, 0.6) is 11.5 Å². The van der Waals surface area contributed by atoms with E-state index in [1.54, 1.807) is 31.2 Å². The number of nitrogens with zero attached hydrogens (tertiary/aromatic N) is 1. The third-order valence-corrected chi connectivity index (χ3v) is 3.76. The number of anilines is 2. The molecule has 2 amide bonds. The Balaban J connectivity index is 1.78. The van der Waals surface area contributed by atoms with Gasteiger partial charge in [-0.25, -0.2) is 0 Å². The lowest BCUT2D eigenvalue weighted by molar-refractivity contribution is -0.274. The Kier molecular flexibility index (Phi) is 4.93. The second-order valence-corrected chi connectivity index (χ2v) is 5.74. The zero-order valence-electron chi connectivity index (χ0n) is 14.1. The second kappa shape index (κ2) is 7.18. The smallest absolute Gasteiger partial charge is 0.479 e. The number of rotatable bonds is 4. The van der Waals surface area contributed by atoms with Crippen molar-refractivity contribution in [1.82, 2.24) is 0 Å². The maximum atomic E-state index is 12.5. The number of para-hydroxylation sites is 4. The summed E-state index contributed by atoms with van der Waals surface area (Å²) in [6.07, 6.45) is -5.68. The first-order valence-corrected chi connectivity index (χ1v) is 7.96. The predicted octanol–water partition coefficient (Wildman–Crippen LogP) is 3.34. The van der Waals surface area contributed by atoms with Crippen LogP contribution in [0.15, 0.2) is 48.5 Å². The predicted molar refractivity (Wildman–Crippen MR) is 90.6 cm³/mol. The Morgan fingerprint density at radius 3 is 2.59 bits per heavy atom. The Morgan fingerprint density at radius 2 is 1.85 bits per heavy atom. The van der Waals surface area contributed by atoms with Crippen molar-refractivity contribution in [2.75, 3.05) is 16.8 Å². The van der Waals surface area contributed by atoms with Gasteiger partial charge in [-0.15, -0.1) is 13.2 Å². The zero-order valence-corrected chi connectivity index (χ0v) is 14.1. The van der Waals surface area contributed by atoms with Crippen LogP contribution in [-0.4, -0.2) is 30.8 Å². The fraction of sp³-hybridized carbons (Fsp3) is 0.222. The summed E-state index contributed by atoms with van der Waals surface area (Å²) in [5.41, 5.74) is 0.262. The first-order valence-electron chi connectivity index (χ1n) is 7.96. The second-order valence-electron chi connectivity index (χ2n) is 5.74. The van der Waals surface area contributed by atoms with E-state index in [9.17, 15) is 22.8 Å². The number of nitrogens with one attached hydrogen (secondary N) is 1. The van der Waals surface area contributed by atoms with Crippen LogP contribution in [0, 0.1) is 0 Å². The SMILES string of the molecule is CC1Oc2ccccc2N(CC(=O)Nc2ccccc2OC(F)(F)F)C1=O. The molecule has 0 fully saturated rings. The molecule has 0 spiro atoms. The molecule has 6 nitrogen and oxygen atoms in total. The third kappa shape index (κ3) is 4.30. The van der Waals surface area contributed by atoms with Gasteiger partial charge < -0.3 is 14.8 Å². The van der Waals surface area contributed by atoms with Crippen molar-refractivity contribution in [2.24, 2.45) is 0 Å². The topological polar surface area (TPSA) is 67.9 Å². The van der Waals surface area contributed by atoms with Crippen LogP contribution in [0.25, 0.3) is 0 Å². The molecule has 2 aromatic rings. The molecule has 0 aliphatic carbocycles. The van der Waals surface area contributed by atoms with E-state index < -0.39 is 30.0 Å². The van der Waals surface area contributed by atoms with Gasteiger partial charge in [-0.3, -0.25) is 14.5 Å². The summed E-state index contributed by atoms with van der Waals surface area (Å²) in [5, 5.41) is 2.35. The minimum Gasteiger partial charge on any atom is -0.479 e. The minimum atomic E-state index is -4.89. The molecular weight excluding hydrogens is 365 g/mol. The molecule has 0 saturated carbocycles. The van der Waals surface area contributed by atoms with Crippen LogP contribution < -0.4 is 19.7 Å². The number of fused-ring (bicyclic) bond motifs is 1. The van der Waals surface area contributed by atoms with Crippen LogP contribution in [0.4, 0.5) is 24.5 Å². The highest BCUT2D eigenvalue weighted by molar-refractivity contribution is 6.06. The van der Waals surface area contributed by atoms with Gasteiger partial charge in [0.05, 0.1) is 11.4 Å². The van der Waals surface area contributed by atoms with Crippen molar-refractivity contribution in [3.05, 3.63) is 48.5 Å². The number of halogens is 3. The van der Waals surface area contributed by atoms with E-state index in [2.05, 4.69) is 10.1 Å². The summed E-state index contributed by atoms with van der Waals surface area (Å²) >= 11 is 0. The van der Waals surface area contributed by atoms with Gasteiger partial charge in [-0.1, -0.05) is 24.3 Å². The van der Waals surface area contributed by atoms with E-state index >= 15 is 0 Å². The number of alkyl halides is 3. The van der Waals surface area contributed by atoms with E-state index in [4.69, 9.17) is 4.74 Å². The Hall–Kier alpha value is -3.23. The van der Waals surface area contributed by atoms with Gasteiger partial charge in [0.15, 0.2) is 11.9 Å². The average Bonchev–Trinajstić information content (AvgIpc) is 2.59. The zero-order chi connectivity index (χ0) is 19.6. The highest BCUT2D eigenvalue weighted by Crippen LogP contribution is 2.34. The monoisotopic (exact) mass is 380 g/mol. The highest BCUT2D eigenvalue weighted by Gasteiger charge is 2.34. The summed E-state index contributed by atoms with van der Waals surface area (Å²) in [7, 11) is 0. The summed E-state index contributed by atoms with van der Waals surface area (Å²) in [4.78, 5) is 26.0. The number of carbonyl (C=O) groups is 2. The maximum absolute atomic E-state index is 12.5. The molecule has 9 heteroatoms. The van der Waals surface area contributed by atoms with E-state index in [1.165, 1.54) is 23.1 Å². The number of amides is 2. The van der Waals surface area contributed by atoms with Gasteiger partial charge in [0.25, 0.3) is 5.91 Å². The number of benzene rings is 2. The summed E-state index contributed by atoms with van der Waals surface area (Å²) < 4.78 is 46.9. The molecule has 0 radical (unpaired) electrons. The van der Waals surface area contributed by atoms with E-state index in [1.807, 2.05) is 0 Å². The van der Waals surface area contributed by atoms with E-state index in [-0.39, 0.29) is 12.2 Å². The van der Waals surface area contributed by atoms with Crippen LogP contribution >= 0.6 is 0 Å². The maximum Gasteiger partial charge on any atom is 0.573 e. The molecule has 1 N–H and O–H groups in total. The lowest BCUT2D eigenvalue weighted by atomic mass is 10.2. The Bertz CT molecular complexity index is 870. The van der Waals surface area contributed by atoms with Crippen molar-refractivity contribution in [2.45, 2.75) is 19.4 Å². The normalized spacial score (nSPS) is 16.4. The minimum absolute atomic E-state index is 0.151. The van der Waals surface area contributed by atoms with E-state index in [0.29, 0.717) is 11.4 Å². The number of carbonyl (C=O) groups excluding carboxylic acids is 2. The molecule has 1 aliphatic rings. The standard InChI is InChI=1S/C18H15F3N2O4/c1-11-17(25)23(13-7-3-5-9-15(13)26-11)10-16(24)22-12-6-2-4-8-14(12)27-18(19,20)21/h2-9,11H,10H2,1H3,(H,22,24). The largest absolute Gasteiger partial charge is 0.573 e. The van der Waals surface area contributed by atoms with Gasteiger partial charge in [-0.05, 0) is 31.2 Å². The molecule has 142 valence electrons. The molecule has 1 heterocycles. The average molecular weight is 380 g/mol. The molecule has 1 unspecified atom stereocenters. The molecule has 27 heavy (non-hydrogen) atoms. The number of hydrogen-bond donors (Lipinski definition) is 1. The van der Waals surface area contributed by atoms with Gasteiger partial charge >= 0.3 is 6.36 Å². The molecule has 3 rings (SSSR count). The highest BCUT2D eigenvalue weighted by atomic mass is 19.4. The first kappa shape index (κ1) is 18.6. The van der Waals surface area contributed by atoms with Crippen LogP contribution in [0.3, 0.4) is 0 Å². The van der Waals surface area contributed by atoms with Crippen molar-refractivity contribution in [3.8, 4) is 11.5 Å². The molecular formula is C18H15F3N2O4. The molecule has 0 aromatic heterocycles. The first-order chi connectivity index (χ1) is 12.7. The summed E-state index contributed by atoms with van der Waals surface area (Å²) in [5.74, 6) is -1.20. The van der Waals surface area contributed by atoms with Gasteiger partial charge in [0.2, 0.25) is 5.91 Å². The fourth-order valence-electron chi connectivity index (χ4n) is 2.64. The van der Waals surface area contributed by atoms with Crippen molar-refractivity contribution in [3.63, 3.8) is 0 Å². The number of ether oxygens (including phenoxy) is 2. The van der Waals surface area contributed by atoms with Crippen molar-refractivity contribution >= 4 is 23.2 Å². The molecule has 1 atom stereocenters.